The maximum atomic E-state index is 12.0. The number of ether oxygens (including phenoxy) is 2. The fraction of sp³-hybridized carbons (Fsp3) is 0.526. The van der Waals surface area contributed by atoms with Gasteiger partial charge in [0.2, 0.25) is 0 Å². The van der Waals surface area contributed by atoms with Gasteiger partial charge in [-0.25, -0.2) is 19.7 Å². The summed E-state index contributed by atoms with van der Waals surface area (Å²) in [4.78, 5) is 38.3. The lowest BCUT2D eigenvalue weighted by molar-refractivity contribution is -0.0516. The van der Waals surface area contributed by atoms with Crippen LogP contribution in [-0.2, 0) is 18.5 Å². The van der Waals surface area contributed by atoms with Gasteiger partial charge in [0.05, 0.1) is 31.7 Å². The first-order valence-electron chi connectivity index (χ1n) is 11.0. The first-order valence-corrected chi connectivity index (χ1v) is 12.1. The van der Waals surface area contributed by atoms with Crippen LogP contribution < -0.4 is 17.2 Å². The van der Waals surface area contributed by atoms with Crippen LogP contribution in [0, 0.1) is 0 Å². The fourth-order valence-corrected chi connectivity index (χ4v) is 4.98. The zero-order chi connectivity index (χ0) is 25.4. The molecule has 194 valence electrons. The average Bonchev–Trinajstić information content (AvgIpc) is 3.55. The molecule has 0 aromatic carbocycles. The second-order valence-corrected chi connectivity index (χ2v) is 9.23. The SMILES string of the molecule is Nc1ccn([C@H]2C[C@H](O)[C@@H](COP(O)O[C@H]3C[C@H](n4cnc5c(N)ncnc54)O[C@@H]3CO)O2)c(=O)n1. The van der Waals surface area contributed by atoms with Crippen LogP contribution >= 0.6 is 8.60 Å². The molecular weight excluding hydrogens is 499 g/mol. The van der Waals surface area contributed by atoms with Gasteiger partial charge in [0.25, 0.3) is 0 Å². The predicted octanol–water partition coefficient (Wildman–Crippen LogP) is -1.20. The number of aromatic nitrogens is 6. The molecule has 0 bridgehead atoms. The number of imidazole rings is 1. The summed E-state index contributed by atoms with van der Waals surface area (Å²) >= 11 is 0. The van der Waals surface area contributed by atoms with Crippen LogP contribution in [0.5, 0.6) is 0 Å². The van der Waals surface area contributed by atoms with Gasteiger partial charge in [0.15, 0.2) is 11.5 Å². The lowest BCUT2D eigenvalue weighted by Gasteiger charge is -2.21. The molecule has 0 spiro atoms. The Kier molecular flexibility index (Phi) is 7.09. The van der Waals surface area contributed by atoms with Gasteiger partial charge in [-0.05, 0) is 6.07 Å². The van der Waals surface area contributed by atoms with Crippen molar-refractivity contribution >= 4 is 31.4 Å². The lowest BCUT2D eigenvalue weighted by Crippen LogP contribution is -2.29. The zero-order valence-electron chi connectivity index (χ0n) is 18.8. The third kappa shape index (κ3) is 4.89. The van der Waals surface area contributed by atoms with Crippen molar-refractivity contribution in [3.63, 3.8) is 0 Å². The number of hydrogen-bond acceptors (Lipinski definition) is 14. The minimum Gasteiger partial charge on any atom is -0.394 e. The number of aliphatic hydroxyl groups excluding tert-OH is 2. The number of rotatable bonds is 8. The first-order chi connectivity index (χ1) is 17.3. The summed E-state index contributed by atoms with van der Waals surface area (Å²) < 4.78 is 25.5. The van der Waals surface area contributed by atoms with Gasteiger partial charge in [-0.3, -0.25) is 9.13 Å². The van der Waals surface area contributed by atoms with E-state index in [2.05, 4.69) is 19.9 Å². The third-order valence-corrected chi connectivity index (χ3v) is 6.82. The van der Waals surface area contributed by atoms with Crippen molar-refractivity contribution in [3.8, 4) is 0 Å². The van der Waals surface area contributed by atoms with E-state index in [-0.39, 0.29) is 37.7 Å². The van der Waals surface area contributed by atoms with Gasteiger partial charge in [-0.2, -0.15) is 4.98 Å². The molecule has 36 heavy (non-hydrogen) atoms. The Morgan fingerprint density at radius 2 is 1.92 bits per heavy atom. The maximum Gasteiger partial charge on any atom is 0.351 e. The highest BCUT2D eigenvalue weighted by atomic mass is 31.2. The van der Waals surface area contributed by atoms with E-state index < -0.39 is 51.2 Å². The molecule has 0 saturated carbocycles. The van der Waals surface area contributed by atoms with Crippen molar-refractivity contribution in [1.29, 1.82) is 0 Å². The number of fused-ring (bicyclic) bond motifs is 1. The van der Waals surface area contributed by atoms with Crippen molar-refractivity contribution in [3.05, 3.63) is 35.4 Å². The van der Waals surface area contributed by atoms with Gasteiger partial charge in [0.1, 0.15) is 42.3 Å². The quantitative estimate of drug-likeness (QED) is 0.218. The van der Waals surface area contributed by atoms with Crippen LogP contribution in [-0.4, -0.2) is 81.8 Å². The van der Waals surface area contributed by atoms with Crippen LogP contribution in [0.15, 0.2) is 29.7 Å². The molecule has 3 aromatic rings. The number of aliphatic hydroxyl groups is 2. The second kappa shape index (κ2) is 10.3. The zero-order valence-corrected chi connectivity index (χ0v) is 19.7. The van der Waals surface area contributed by atoms with Crippen LogP contribution in [0.3, 0.4) is 0 Å². The maximum absolute atomic E-state index is 12.0. The Balaban J connectivity index is 1.17. The van der Waals surface area contributed by atoms with Crippen molar-refractivity contribution < 1.29 is 33.6 Å². The van der Waals surface area contributed by atoms with E-state index in [1.807, 2.05) is 0 Å². The van der Waals surface area contributed by atoms with E-state index in [4.69, 9.17) is 30.0 Å². The summed E-state index contributed by atoms with van der Waals surface area (Å²) in [6.07, 6.45) is 0.0999. The summed E-state index contributed by atoms with van der Waals surface area (Å²) in [5, 5.41) is 20.1. The minimum atomic E-state index is -2.40. The van der Waals surface area contributed by atoms with Gasteiger partial charge in [-0.15, -0.1) is 0 Å². The minimum absolute atomic E-state index is 0.0793. The van der Waals surface area contributed by atoms with E-state index in [1.165, 1.54) is 29.5 Å². The third-order valence-electron chi connectivity index (χ3n) is 6.00. The molecule has 1 unspecified atom stereocenters. The Bertz CT molecular complexity index is 1280. The molecule has 2 aliphatic heterocycles. The van der Waals surface area contributed by atoms with E-state index in [0.717, 1.165) is 0 Å². The highest BCUT2D eigenvalue weighted by Crippen LogP contribution is 2.43. The van der Waals surface area contributed by atoms with Crippen molar-refractivity contribution in [2.75, 3.05) is 24.7 Å². The normalized spacial score (nSPS) is 29.2. The first kappa shape index (κ1) is 24.9. The smallest absolute Gasteiger partial charge is 0.351 e. The van der Waals surface area contributed by atoms with Gasteiger partial charge in [0, 0.05) is 19.0 Å². The molecule has 7 atom stereocenters. The molecule has 2 saturated heterocycles. The molecule has 2 aliphatic rings. The van der Waals surface area contributed by atoms with E-state index in [0.29, 0.717) is 11.2 Å². The molecule has 5 rings (SSSR count). The highest BCUT2D eigenvalue weighted by Gasteiger charge is 2.40. The molecule has 0 amide bonds. The highest BCUT2D eigenvalue weighted by molar-refractivity contribution is 7.40. The van der Waals surface area contributed by atoms with Crippen LogP contribution in [0.25, 0.3) is 11.2 Å². The largest absolute Gasteiger partial charge is 0.394 e. The Morgan fingerprint density at radius 3 is 2.69 bits per heavy atom. The number of nitrogen functional groups attached to an aromatic ring is 2. The van der Waals surface area contributed by atoms with Crippen molar-refractivity contribution in [2.24, 2.45) is 0 Å². The fourth-order valence-electron chi connectivity index (χ4n) is 4.19. The van der Waals surface area contributed by atoms with Gasteiger partial charge < -0.3 is 45.1 Å². The molecule has 0 radical (unpaired) electrons. The molecule has 16 nitrogen and oxygen atoms in total. The van der Waals surface area contributed by atoms with Gasteiger partial charge in [-0.1, -0.05) is 0 Å². The number of anilines is 2. The van der Waals surface area contributed by atoms with Crippen molar-refractivity contribution in [2.45, 2.75) is 49.7 Å². The molecule has 2 fully saturated rings. The van der Waals surface area contributed by atoms with E-state index in [1.54, 1.807) is 4.57 Å². The van der Waals surface area contributed by atoms with E-state index >= 15 is 0 Å². The Hall–Kier alpha value is -2.82. The monoisotopic (exact) mass is 524 g/mol. The summed E-state index contributed by atoms with van der Waals surface area (Å²) in [7, 11) is -2.40. The summed E-state index contributed by atoms with van der Waals surface area (Å²) in [5.74, 6) is 0.308. The Morgan fingerprint density at radius 1 is 1.14 bits per heavy atom. The molecule has 0 aliphatic carbocycles. The molecule has 17 heteroatoms. The summed E-state index contributed by atoms with van der Waals surface area (Å²) in [5.41, 5.74) is 11.6. The molecule has 7 N–H and O–H groups in total. The topological polar surface area (TPSA) is 228 Å². The molecule has 5 heterocycles. The number of hydrogen-bond donors (Lipinski definition) is 5. The number of nitrogens with zero attached hydrogens (tertiary/aromatic N) is 6. The molecular formula is C19H25N8O8P. The molecule has 3 aromatic heterocycles. The van der Waals surface area contributed by atoms with Crippen molar-refractivity contribution in [1.82, 2.24) is 29.1 Å². The van der Waals surface area contributed by atoms with E-state index in [9.17, 15) is 19.9 Å². The summed E-state index contributed by atoms with van der Waals surface area (Å²) in [6.45, 7) is -0.551. The van der Waals surface area contributed by atoms with Crippen LogP contribution in [0.2, 0.25) is 0 Å². The van der Waals surface area contributed by atoms with Crippen LogP contribution in [0.1, 0.15) is 25.3 Å². The number of nitrogens with two attached hydrogens (primary N) is 2. The Labute approximate surface area is 204 Å². The average molecular weight is 524 g/mol. The van der Waals surface area contributed by atoms with Crippen LogP contribution in [0.4, 0.5) is 11.6 Å². The lowest BCUT2D eigenvalue weighted by atomic mass is 10.2. The predicted molar refractivity (Wildman–Crippen MR) is 123 cm³/mol. The summed E-state index contributed by atoms with van der Waals surface area (Å²) in [6, 6.07) is 1.45. The second-order valence-electron chi connectivity index (χ2n) is 8.28. The standard InChI is InChI=1S/C19H25N8O8P/c20-13-1-2-26(19(30)25-13)14-3-9(29)12(34-14)6-32-36(31)35-10-4-15(33-11(10)5-28)27-8-24-16-17(21)22-7-23-18(16)27/h1-2,7-12,14-15,28-29,31H,3-6H2,(H2,20,25,30)(H2,21,22,23)/t9-,10-,11+,12+,14+,15+,36?/m0/s1. The van der Waals surface area contributed by atoms with Gasteiger partial charge >= 0.3 is 14.3 Å².